The van der Waals surface area contributed by atoms with Crippen molar-refractivity contribution in [3.63, 3.8) is 0 Å². The summed E-state index contributed by atoms with van der Waals surface area (Å²) in [6, 6.07) is 7.84. The number of alkyl halides is 2. The molecule has 17 heavy (non-hydrogen) atoms. The van der Waals surface area contributed by atoms with E-state index in [1.165, 1.54) is 0 Å². The lowest BCUT2D eigenvalue weighted by molar-refractivity contribution is -0.121. The molecule has 1 aliphatic carbocycles. The summed E-state index contributed by atoms with van der Waals surface area (Å²) in [4.78, 5) is 3.14. The van der Waals surface area contributed by atoms with E-state index in [4.69, 9.17) is 5.73 Å². The summed E-state index contributed by atoms with van der Waals surface area (Å²) < 4.78 is 25.8. The van der Waals surface area contributed by atoms with E-state index in [9.17, 15) is 8.78 Å². The summed E-state index contributed by atoms with van der Waals surface area (Å²) in [5.74, 6) is -2.57. The quantitative estimate of drug-likeness (QED) is 0.827. The number of aromatic amines is 1. The van der Waals surface area contributed by atoms with Gasteiger partial charge in [-0.25, -0.2) is 8.78 Å². The highest BCUT2D eigenvalue weighted by Crippen LogP contribution is 2.46. The Bertz CT molecular complexity index is 551. The van der Waals surface area contributed by atoms with E-state index in [0.717, 1.165) is 16.5 Å². The lowest BCUT2D eigenvalue weighted by Crippen LogP contribution is -2.59. The van der Waals surface area contributed by atoms with Crippen molar-refractivity contribution in [3.8, 4) is 0 Å². The van der Waals surface area contributed by atoms with Crippen molar-refractivity contribution in [2.45, 2.75) is 30.7 Å². The molecular weight excluding hydrogens is 222 g/mol. The normalized spacial score (nSPS) is 21.4. The van der Waals surface area contributed by atoms with Gasteiger partial charge in [-0.05, 0) is 18.1 Å². The summed E-state index contributed by atoms with van der Waals surface area (Å²) in [6.07, 6.45) is 1.96. The topological polar surface area (TPSA) is 41.8 Å². The summed E-state index contributed by atoms with van der Waals surface area (Å²) in [7, 11) is 0. The van der Waals surface area contributed by atoms with Crippen LogP contribution in [-0.4, -0.2) is 16.4 Å². The Balaban J connectivity index is 1.87. The second-order valence-corrected chi connectivity index (χ2v) is 5.11. The Morgan fingerprint density at radius 2 is 1.94 bits per heavy atom. The lowest BCUT2D eigenvalue weighted by atomic mass is 9.71. The van der Waals surface area contributed by atoms with Crippen LogP contribution < -0.4 is 5.73 Å². The molecule has 1 aromatic carbocycles. The molecule has 1 saturated carbocycles. The number of nitrogens with one attached hydrogen (secondary N) is 1. The number of nitrogens with two attached hydrogens (primary N) is 1. The number of hydrogen-bond acceptors (Lipinski definition) is 1. The maximum atomic E-state index is 12.9. The Labute approximate surface area is 97.8 Å². The molecule has 1 aliphatic rings. The fourth-order valence-corrected chi connectivity index (χ4v) is 2.76. The second-order valence-electron chi connectivity index (χ2n) is 5.11. The smallest absolute Gasteiger partial charge is 0.251 e. The number of aromatic nitrogens is 1. The van der Waals surface area contributed by atoms with Gasteiger partial charge in [0.15, 0.2) is 0 Å². The van der Waals surface area contributed by atoms with Crippen LogP contribution in [0.4, 0.5) is 8.78 Å². The fourth-order valence-electron chi connectivity index (χ4n) is 2.76. The first-order valence-electron chi connectivity index (χ1n) is 5.69. The van der Waals surface area contributed by atoms with E-state index in [0.29, 0.717) is 6.42 Å². The van der Waals surface area contributed by atoms with Crippen LogP contribution in [0.1, 0.15) is 18.4 Å². The molecule has 1 aromatic heterocycles. The molecule has 0 amide bonds. The van der Waals surface area contributed by atoms with Crippen LogP contribution in [-0.2, 0) is 6.42 Å². The van der Waals surface area contributed by atoms with Crippen molar-refractivity contribution >= 4 is 10.9 Å². The van der Waals surface area contributed by atoms with Crippen molar-refractivity contribution in [2.24, 2.45) is 5.73 Å². The maximum absolute atomic E-state index is 12.9. The number of H-pyrrole nitrogens is 1. The first-order chi connectivity index (χ1) is 7.98. The number of para-hydroxylation sites is 1. The predicted molar refractivity (Wildman–Crippen MR) is 63.1 cm³/mol. The van der Waals surface area contributed by atoms with Crippen LogP contribution in [0, 0.1) is 0 Å². The molecule has 2 nitrogen and oxygen atoms in total. The molecule has 90 valence electrons. The maximum Gasteiger partial charge on any atom is 0.251 e. The highest BCUT2D eigenvalue weighted by Gasteiger charge is 2.54. The van der Waals surface area contributed by atoms with Gasteiger partial charge in [0.1, 0.15) is 0 Å². The molecule has 4 heteroatoms. The lowest BCUT2D eigenvalue weighted by Gasteiger charge is -2.44. The van der Waals surface area contributed by atoms with Crippen molar-refractivity contribution in [1.29, 1.82) is 0 Å². The summed E-state index contributed by atoms with van der Waals surface area (Å²) in [5, 5.41) is 1.08. The largest absolute Gasteiger partial charge is 0.361 e. The van der Waals surface area contributed by atoms with Gasteiger partial charge in [0.25, 0.3) is 5.92 Å². The molecule has 3 N–H and O–H groups in total. The van der Waals surface area contributed by atoms with Gasteiger partial charge in [-0.15, -0.1) is 0 Å². The molecule has 0 atom stereocenters. The monoisotopic (exact) mass is 236 g/mol. The molecule has 0 aliphatic heterocycles. The number of halogens is 2. The van der Waals surface area contributed by atoms with Gasteiger partial charge >= 0.3 is 0 Å². The van der Waals surface area contributed by atoms with Crippen molar-refractivity contribution in [2.75, 3.05) is 0 Å². The zero-order valence-electron chi connectivity index (χ0n) is 9.34. The molecule has 1 fully saturated rings. The SMILES string of the molecule is NC1(Cc2c[nH]c3ccccc23)CC(F)(F)C1. The number of hydrogen-bond donors (Lipinski definition) is 2. The molecule has 3 rings (SSSR count). The Morgan fingerprint density at radius 1 is 1.24 bits per heavy atom. The van der Waals surface area contributed by atoms with Crippen LogP contribution in [0.25, 0.3) is 10.9 Å². The van der Waals surface area contributed by atoms with Crippen LogP contribution in [0.5, 0.6) is 0 Å². The van der Waals surface area contributed by atoms with E-state index >= 15 is 0 Å². The number of benzene rings is 1. The van der Waals surface area contributed by atoms with Crippen LogP contribution in [0.2, 0.25) is 0 Å². The standard InChI is InChI=1S/C13H14F2N2/c14-13(15)7-12(16,8-13)5-9-6-17-11-4-2-1-3-10(9)11/h1-4,6,17H,5,7-8,16H2. The predicted octanol–water partition coefficient (Wildman–Crippen LogP) is 2.84. The Hall–Kier alpha value is -1.42. The van der Waals surface area contributed by atoms with Crippen molar-refractivity contribution in [1.82, 2.24) is 4.98 Å². The number of fused-ring (bicyclic) bond motifs is 1. The van der Waals surface area contributed by atoms with Crippen LogP contribution in [0.15, 0.2) is 30.5 Å². The average Bonchev–Trinajstić information content (AvgIpc) is 2.58. The number of rotatable bonds is 2. The summed E-state index contributed by atoms with van der Waals surface area (Å²) in [5.41, 5.74) is 7.28. The third-order valence-corrected chi connectivity index (χ3v) is 3.44. The van der Waals surface area contributed by atoms with E-state index in [1.807, 2.05) is 30.5 Å². The molecular formula is C13H14F2N2. The summed E-state index contributed by atoms with van der Waals surface area (Å²) in [6.45, 7) is 0. The third-order valence-electron chi connectivity index (χ3n) is 3.44. The Kier molecular flexibility index (Phi) is 2.08. The average molecular weight is 236 g/mol. The molecule has 0 radical (unpaired) electrons. The minimum Gasteiger partial charge on any atom is -0.361 e. The van der Waals surface area contributed by atoms with Gasteiger partial charge in [-0.1, -0.05) is 18.2 Å². The minimum atomic E-state index is -2.57. The molecule has 0 spiro atoms. The fraction of sp³-hybridized carbons (Fsp3) is 0.385. The van der Waals surface area contributed by atoms with E-state index in [-0.39, 0.29) is 12.8 Å². The van der Waals surface area contributed by atoms with Crippen LogP contribution in [0.3, 0.4) is 0 Å². The third kappa shape index (κ3) is 1.82. The zero-order chi connectivity index (χ0) is 12.1. The molecule has 0 unspecified atom stereocenters. The molecule has 2 aromatic rings. The van der Waals surface area contributed by atoms with E-state index < -0.39 is 11.5 Å². The van der Waals surface area contributed by atoms with Gasteiger partial charge in [-0.2, -0.15) is 0 Å². The van der Waals surface area contributed by atoms with Gasteiger partial charge in [0.2, 0.25) is 0 Å². The highest BCUT2D eigenvalue weighted by molar-refractivity contribution is 5.83. The molecule has 1 heterocycles. The van der Waals surface area contributed by atoms with Gasteiger partial charge in [-0.3, -0.25) is 0 Å². The van der Waals surface area contributed by atoms with Gasteiger partial charge in [0, 0.05) is 35.5 Å². The Morgan fingerprint density at radius 3 is 2.65 bits per heavy atom. The first kappa shape index (κ1) is 10.7. The van der Waals surface area contributed by atoms with Crippen LogP contribution >= 0.6 is 0 Å². The van der Waals surface area contributed by atoms with Gasteiger partial charge in [0.05, 0.1) is 0 Å². The van der Waals surface area contributed by atoms with E-state index in [1.54, 1.807) is 0 Å². The van der Waals surface area contributed by atoms with Crippen molar-refractivity contribution in [3.05, 3.63) is 36.0 Å². The van der Waals surface area contributed by atoms with E-state index in [2.05, 4.69) is 4.98 Å². The zero-order valence-corrected chi connectivity index (χ0v) is 9.34. The molecule has 0 bridgehead atoms. The molecule has 0 saturated heterocycles. The first-order valence-corrected chi connectivity index (χ1v) is 5.69. The second kappa shape index (κ2) is 3.29. The van der Waals surface area contributed by atoms with Crippen molar-refractivity contribution < 1.29 is 8.78 Å². The highest BCUT2D eigenvalue weighted by atomic mass is 19.3. The minimum absolute atomic E-state index is 0.209. The summed E-state index contributed by atoms with van der Waals surface area (Å²) >= 11 is 0. The van der Waals surface area contributed by atoms with Gasteiger partial charge < -0.3 is 10.7 Å².